The Labute approximate surface area is 160 Å². The first-order chi connectivity index (χ1) is 12.7. The average molecular weight is 387 g/mol. The van der Waals surface area contributed by atoms with Crippen LogP contribution >= 0.6 is 11.6 Å². The van der Waals surface area contributed by atoms with Crippen LogP contribution < -0.4 is 0 Å². The standard InChI is InChI=1S/C20H19ClN2O4/c1-7(24)12-18(26)16-14-10-6-22-11-5-8(21)4-9(13(10)11)17(25)15(14)20(2,3)23(16)19(12)27/h4-6,14-17,22,25-26H,1-3H3/t14-,15-,16+,17-/m0/s1. The van der Waals surface area contributed by atoms with Crippen LogP contribution in [0.4, 0.5) is 0 Å². The number of ketones is 1. The second-order valence-electron chi connectivity index (χ2n) is 8.25. The van der Waals surface area contributed by atoms with Crippen molar-refractivity contribution in [2.24, 2.45) is 5.92 Å². The first-order valence-corrected chi connectivity index (χ1v) is 9.30. The van der Waals surface area contributed by atoms with E-state index in [4.69, 9.17) is 11.6 Å². The van der Waals surface area contributed by atoms with Crippen molar-refractivity contribution in [2.45, 2.75) is 44.4 Å². The maximum absolute atomic E-state index is 13.0. The molecule has 6 nitrogen and oxygen atoms in total. The highest BCUT2D eigenvalue weighted by atomic mass is 35.5. The lowest BCUT2D eigenvalue weighted by molar-refractivity contribution is -0.133. The molecule has 0 unspecified atom stereocenters. The predicted octanol–water partition coefficient (Wildman–Crippen LogP) is 2.97. The number of Topliss-reactive ketones (excluding diaryl/α,β-unsaturated/α-hetero) is 1. The van der Waals surface area contributed by atoms with Crippen LogP contribution in [0.1, 0.15) is 43.9 Å². The van der Waals surface area contributed by atoms with Gasteiger partial charge in [-0.25, -0.2) is 0 Å². The summed E-state index contributed by atoms with van der Waals surface area (Å²) >= 11 is 6.23. The Morgan fingerprint density at radius 2 is 2.00 bits per heavy atom. The summed E-state index contributed by atoms with van der Waals surface area (Å²) in [7, 11) is 0. The third kappa shape index (κ3) is 1.80. The van der Waals surface area contributed by atoms with E-state index < -0.39 is 29.4 Å². The molecule has 0 saturated carbocycles. The van der Waals surface area contributed by atoms with Crippen LogP contribution in [0.5, 0.6) is 0 Å². The summed E-state index contributed by atoms with van der Waals surface area (Å²) in [6.07, 6.45) is 1.01. The van der Waals surface area contributed by atoms with Crippen molar-refractivity contribution < 1.29 is 19.8 Å². The number of nitrogens with zero attached hydrogens (tertiary/aromatic N) is 1. The summed E-state index contributed by atoms with van der Waals surface area (Å²) in [4.78, 5) is 29.7. The number of nitrogens with one attached hydrogen (secondary N) is 1. The lowest BCUT2D eigenvalue weighted by atomic mass is 9.67. The number of aliphatic hydroxyl groups is 2. The highest BCUT2D eigenvalue weighted by molar-refractivity contribution is 6.31. The number of benzene rings is 1. The summed E-state index contributed by atoms with van der Waals surface area (Å²) in [6, 6.07) is 2.90. The smallest absolute Gasteiger partial charge is 0.262 e. The number of aliphatic hydroxyl groups excluding tert-OH is 2. The highest BCUT2D eigenvalue weighted by Crippen LogP contribution is 2.61. The largest absolute Gasteiger partial charge is 0.509 e. The van der Waals surface area contributed by atoms with Gasteiger partial charge in [-0.05, 0) is 44.0 Å². The van der Waals surface area contributed by atoms with Crippen molar-refractivity contribution in [3.63, 3.8) is 0 Å². The monoisotopic (exact) mass is 386 g/mol. The van der Waals surface area contributed by atoms with Crippen LogP contribution in [0.15, 0.2) is 29.7 Å². The van der Waals surface area contributed by atoms with E-state index in [-0.39, 0.29) is 23.2 Å². The number of carbonyl (C=O) groups excluding carboxylic acids is 2. The first-order valence-electron chi connectivity index (χ1n) is 8.92. The van der Waals surface area contributed by atoms with E-state index in [2.05, 4.69) is 4.98 Å². The number of fused-ring (bicyclic) bond motifs is 4. The topological polar surface area (TPSA) is 93.6 Å². The SMILES string of the molecule is CC(=O)C1=C(O)[C@H]2[C@H]3c4c[nH]c5cc(Cl)cc(c45)[C@H](O)[C@H]3C(C)(C)N2C1=O. The molecule has 2 aromatic rings. The van der Waals surface area contributed by atoms with Crippen LogP contribution in [0.2, 0.25) is 5.02 Å². The molecule has 7 heteroatoms. The molecular weight excluding hydrogens is 368 g/mol. The average Bonchev–Trinajstić information content (AvgIpc) is 3.16. The molecule has 1 aromatic heterocycles. The fourth-order valence-electron chi connectivity index (χ4n) is 5.63. The van der Waals surface area contributed by atoms with Gasteiger partial charge in [0.2, 0.25) is 0 Å². The molecule has 0 spiro atoms. The zero-order valence-electron chi connectivity index (χ0n) is 15.1. The zero-order valence-corrected chi connectivity index (χ0v) is 15.8. The van der Waals surface area contributed by atoms with Gasteiger partial charge in [0.25, 0.3) is 5.91 Å². The molecule has 1 fully saturated rings. The van der Waals surface area contributed by atoms with Crippen molar-refractivity contribution in [1.82, 2.24) is 9.88 Å². The molecule has 1 aromatic carbocycles. The lowest BCUT2D eigenvalue weighted by Gasteiger charge is -2.40. The Balaban J connectivity index is 1.82. The molecule has 1 saturated heterocycles. The van der Waals surface area contributed by atoms with Gasteiger partial charge >= 0.3 is 0 Å². The molecule has 3 heterocycles. The van der Waals surface area contributed by atoms with Gasteiger partial charge in [-0.3, -0.25) is 9.59 Å². The Morgan fingerprint density at radius 1 is 1.30 bits per heavy atom. The minimum atomic E-state index is -0.846. The van der Waals surface area contributed by atoms with Gasteiger partial charge in [0.1, 0.15) is 11.3 Å². The third-order valence-electron chi connectivity index (χ3n) is 6.59. The second-order valence-corrected chi connectivity index (χ2v) is 8.68. The number of hydrogen-bond donors (Lipinski definition) is 3. The number of rotatable bonds is 1. The normalized spacial score (nSPS) is 30.9. The molecule has 0 bridgehead atoms. The van der Waals surface area contributed by atoms with Gasteiger partial charge < -0.3 is 20.1 Å². The number of halogens is 1. The molecule has 0 radical (unpaired) electrons. The fraction of sp³-hybridized carbons (Fsp3) is 0.400. The van der Waals surface area contributed by atoms with E-state index >= 15 is 0 Å². The molecule has 140 valence electrons. The summed E-state index contributed by atoms with van der Waals surface area (Å²) in [5.41, 5.74) is 1.56. The van der Waals surface area contributed by atoms with Crippen molar-refractivity contribution in [3.05, 3.63) is 45.8 Å². The van der Waals surface area contributed by atoms with Gasteiger partial charge in [-0.1, -0.05) is 11.6 Å². The van der Waals surface area contributed by atoms with E-state index in [1.807, 2.05) is 20.0 Å². The minimum Gasteiger partial charge on any atom is -0.509 e. The van der Waals surface area contributed by atoms with Gasteiger partial charge in [0.15, 0.2) is 5.78 Å². The fourth-order valence-corrected chi connectivity index (χ4v) is 5.86. The van der Waals surface area contributed by atoms with Crippen molar-refractivity contribution in [3.8, 4) is 0 Å². The second kappa shape index (κ2) is 4.94. The number of aromatic amines is 1. The zero-order chi connectivity index (χ0) is 19.4. The molecular formula is C20H19ClN2O4. The molecule has 4 atom stereocenters. The number of aromatic nitrogens is 1. The molecule has 3 aliphatic rings. The minimum absolute atomic E-state index is 0.144. The maximum Gasteiger partial charge on any atom is 0.262 e. The molecule has 2 aliphatic heterocycles. The molecule has 27 heavy (non-hydrogen) atoms. The predicted molar refractivity (Wildman–Crippen MR) is 99.5 cm³/mol. The molecule has 1 amide bonds. The number of amides is 1. The number of hydrogen-bond acceptors (Lipinski definition) is 4. The van der Waals surface area contributed by atoms with Crippen molar-refractivity contribution >= 4 is 34.2 Å². The van der Waals surface area contributed by atoms with Crippen LogP contribution in [0.3, 0.4) is 0 Å². The molecule has 1 aliphatic carbocycles. The highest BCUT2D eigenvalue weighted by Gasteiger charge is 2.65. The summed E-state index contributed by atoms with van der Waals surface area (Å²) in [6.45, 7) is 5.04. The van der Waals surface area contributed by atoms with E-state index in [0.717, 1.165) is 22.0 Å². The molecule has 5 rings (SSSR count). The lowest BCUT2D eigenvalue weighted by Crippen LogP contribution is -2.48. The molecule has 3 N–H and O–H groups in total. The van der Waals surface area contributed by atoms with Gasteiger partial charge in [0, 0.05) is 39.5 Å². The van der Waals surface area contributed by atoms with Crippen LogP contribution in [0, 0.1) is 5.92 Å². The summed E-state index contributed by atoms with van der Waals surface area (Å²) < 4.78 is 0. The van der Waals surface area contributed by atoms with Crippen LogP contribution in [-0.4, -0.2) is 43.4 Å². The summed E-state index contributed by atoms with van der Waals surface area (Å²) in [5, 5.41) is 23.5. The Hall–Kier alpha value is -2.31. The first kappa shape index (κ1) is 16.8. The quantitative estimate of drug-likeness (QED) is 0.657. The van der Waals surface area contributed by atoms with E-state index in [0.29, 0.717) is 5.02 Å². The number of H-pyrrole nitrogens is 1. The van der Waals surface area contributed by atoms with Crippen LogP contribution in [0.25, 0.3) is 10.9 Å². The van der Waals surface area contributed by atoms with Gasteiger partial charge in [-0.15, -0.1) is 0 Å². The van der Waals surface area contributed by atoms with Crippen molar-refractivity contribution in [2.75, 3.05) is 0 Å². The van der Waals surface area contributed by atoms with Crippen molar-refractivity contribution in [1.29, 1.82) is 0 Å². The maximum atomic E-state index is 13.0. The Morgan fingerprint density at radius 3 is 2.67 bits per heavy atom. The van der Waals surface area contributed by atoms with E-state index in [1.165, 1.54) is 6.92 Å². The Kier molecular flexibility index (Phi) is 3.08. The third-order valence-corrected chi connectivity index (χ3v) is 6.80. The van der Waals surface area contributed by atoms with E-state index in [1.54, 1.807) is 17.0 Å². The van der Waals surface area contributed by atoms with Gasteiger partial charge in [0.05, 0.1) is 12.1 Å². The van der Waals surface area contributed by atoms with Crippen LogP contribution in [-0.2, 0) is 9.59 Å². The summed E-state index contributed by atoms with van der Waals surface area (Å²) in [5.74, 6) is -1.76. The van der Waals surface area contributed by atoms with Gasteiger partial charge in [-0.2, -0.15) is 0 Å². The Bertz CT molecular complexity index is 1080. The number of carbonyl (C=O) groups is 2. The van der Waals surface area contributed by atoms with E-state index in [9.17, 15) is 19.8 Å².